The quantitative estimate of drug-likeness (QED) is 0.688. The van der Waals surface area contributed by atoms with Gasteiger partial charge in [-0.05, 0) is 0 Å². The summed E-state index contributed by atoms with van der Waals surface area (Å²) >= 11 is 5.22. The van der Waals surface area contributed by atoms with E-state index >= 15 is 0 Å². The molecule has 1 aromatic rings. The van der Waals surface area contributed by atoms with Crippen LogP contribution in [-0.2, 0) is 18.7 Å². The average molecular weight is 310 g/mol. The van der Waals surface area contributed by atoms with Crippen molar-refractivity contribution in [1.29, 1.82) is 0 Å². The second-order valence-corrected chi connectivity index (χ2v) is 3.54. The monoisotopic (exact) mass is 309 g/mol. The molecule has 1 heterocycles. The van der Waals surface area contributed by atoms with Crippen LogP contribution >= 0.6 is 11.6 Å². The van der Waals surface area contributed by atoms with Gasteiger partial charge in [-0.15, -0.1) is 24.8 Å². The van der Waals surface area contributed by atoms with Crippen molar-refractivity contribution in [2.24, 2.45) is 0 Å². The number of aromatic nitrogens is 1. The molecule has 1 N–H and O–H groups in total. The van der Waals surface area contributed by atoms with Crippen LogP contribution in [0, 0.1) is 0 Å². The fourth-order valence-corrected chi connectivity index (χ4v) is 1.52. The summed E-state index contributed by atoms with van der Waals surface area (Å²) in [5, 5.41) is 8.71. The van der Waals surface area contributed by atoms with Crippen LogP contribution in [0.1, 0.15) is 17.0 Å². The molecule has 0 amide bonds. The van der Waals surface area contributed by atoms with E-state index in [0.29, 0.717) is 6.07 Å². The molecule has 0 fully saturated rings. The molecule has 0 atom stereocenters. The molecule has 0 aromatic carbocycles. The van der Waals surface area contributed by atoms with Gasteiger partial charge in [0.1, 0.15) is 5.75 Å². The molecule has 19 heavy (non-hydrogen) atoms. The zero-order valence-corrected chi connectivity index (χ0v) is 9.70. The van der Waals surface area contributed by atoms with Crippen LogP contribution < -0.4 is 4.74 Å². The summed E-state index contributed by atoms with van der Waals surface area (Å²) in [6, 6.07) is 0.556. The molecule has 108 valence electrons. The second kappa shape index (κ2) is 5.41. The molecule has 0 spiro atoms. The summed E-state index contributed by atoms with van der Waals surface area (Å²) in [7, 11) is 0. The van der Waals surface area contributed by atoms with Crippen LogP contribution in [0.5, 0.6) is 5.75 Å². The molecule has 0 aliphatic carbocycles. The SMILES string of the molecule is OCc1cc(OC(F)(F)F)c(CCl)c(C(F)(F)F)n1. The largest absolute Gasteiger partial charge is 0.573 e. The van der Waals surface area contributed by atoms with Gasteiger partial charge >= 0.3 is 12.5 Å². The highest BCUT2D eigenvalue weighted by Gasteiger charge is 2.39. The third-order valence-electron chi connectivity index (χ3n) is 1.93. The van der Waals surface area contributed by atoms with Crippen molar-refractivity contribution < 1.29 is 36.2 Å². The maximum absolute atomic E-state index is 12.6. The molecule has 1 rings (SSSR count). The van der Waals surface area contributed by atoms with Crippen LogP contribution in [0.4, 0.5) is 26.3 Å². The van der Waals surface area contributed by atoms with E-state index in [1.165, 1.54) is 0 Å². The summed E-state index contributed by atoms with van der Waals surface area (Å²) < 4.78 is 77.6. The van der Waals surface area contributed by atoms with Crippen molar-refractivity contribution in [2.45, 2.75) is 25.0 Å². The first-order valence-corrected chi connectivity index (χ1v) is 5.14. The van der Waals surface area contributed by atoms with Crippen molar-refractivity contribution in [1.82, 2.24) is 4.98 Å². The summed E-state index contributed by atoms with van der Waals surface area (Å²) in [6.45, 7) is -0.972. The Morgan fingerprint density at radius 1 is 1.21 bits per heavy atom. The Labute approximate surface area is 107 Å². The van der Waals surface area contributed by atoms with Gasteiger partial charge in [-0.1, -0.05) is 0 Å². The van der Waals surface area contributed by atoms with Crippen molar-refractivity contribution in [3.05, 3.63) is 23.0 Å². The van der Waals surface area contributed by atoms with Gasteiger partial charge in [-0.2, -0.15) is 13.2 Å². The highest BCUT2D eigenvalue weighted by Crippen LogP contribution is 2.37. The van der Waals surface area contributed by atoms with E-state index in [4.69, 9.17) is 16.7 Å². The molecule has 0 aliphatic heterocycles. The third kappa shape index (κ3) is 4.13. The molecule has 1 aromatic heterocycles. The lowest BCUT2D eigenvalue weighted by Crippen LogP contribution is -2.21. The number of halogens is 7. The van der Waals surface area contributed by atoms with Gasteiger partial charge in [0.2, 0.25) is 0 Å². The van der Waals surface area contributed by atoms with Gasteiger partial charge in [0.15, 0.2) is 5.69 Å². The Morgan fingerprint density at radius 3 is 2.16 bits per heavy atom. The lowest BCUT2D eigenvalue weighted by atomic mass is 10.1. The van der Waals surface area contributed by atoms with Gasteiger partial charge in [0.05, 0.1) is 18.2 Å². The molecule has 0 aliphatic rings. The first kappa shape index (κ1) is 15.8. The second-order valence-electron chi connectivity index (χ2n) is 3.28. The van der Waals surface area contributed by atoms with Gasteiger partial charge in [0.25, 0.3) is 0 Å². The number of ether oxygens (including phenoxy) is 1. The van der Waals surface area contributed by atoms with Crippen LogP contribution in [0.25, 0.3) is 0 Å². The summed E-state index contributed by atoms with van der Waals surface area (Å²) in [5.74, 6) is -2.01. The maximum atomic E-state index is 12.6. The molecular weight excluding hydrogens is 304 g/mol. The minimum atomic E-state index is -5.18. The maximum Gasteiger partial charge on any atom is 0.573 e. The molecule has 0 saturated heterocycles. The van der Waals surface area contributed by atoms with Crippen LogP contribution in [0.3, 0.4) is 0 Å². The predicted octanol–water partition coefficient (Wildman–Crippen LogP) is 3.23. The Morgan fingerprint density at radius 2 is 1.79 bits per heavy atom. The van der Waals surface area contributed by atoms with Crippen LogP contribution in [-0.4, -0.2) is 16.5 Å². The number of alkyl halides is 7. The molecule has 0 bridgehead atoms. The van der Waals surface area contributed by atoms with Gasteiger partial charge in [-0.3, -0.25) is 0 Å². The fourth-order valence-electron chi connectivity index (χ4n) is 1.26. The van der Waals surface area contributed by atoms with Crippen molar-refractivity contribution >= 4 is 11.6 Å². The number of nitrogens with zero attached hydrogens (tertiary/aromatic N) is 1. The first-order valence-electron chi connectivity index (χ1n) is 4.61. The normalized spacial score (nSPS) is 12.6. The molecular formula is C9H6ClF6NO2. The van der Waals surface area contributed by atoms with E-state index in [2.05, 4.69) is 9.72 Å². The lowest BCUT2D eigenvalue weighted by Gasteiger charge is -2.17. The zero-order chi connectivity index (χ0) is 14.8. The summed E-state index contributed by atoms with van der Waals surface area (Å²) in [6.07, 6.45) is -10.2. The molecule has 0 saturated carbocycles. The van der Waals surface area contributed by atoms with Crippen LogP contribution in [0.2, 0.25) is 0 Å². The number of aliphatic hydroxyl groups is 1. The predicted molar refractivity (Wildman–Crippen MR) is 51.4 cm³/mol. The van der Waals surface area contributed by atoms with Crippen molar-refractivity contribution in [3.8, 4) is 5.75 Å². The van der Waals surface area contributed by atoms with E-state index in [9.17, 15) is 26.3 Å². The van der Waals surface area contributed by atoms with Gasteiger partial charge in [-0.25, -0.2) is 4.98 Å². The van der Waals surface area contributed by atoms with Gasteiger partial charge in [0, 0.05) is 11.6 Å². The van der Waals surface area contributed by atoms with Crippen molar-refractivity contribution in [3.63, 3.8) is 0 Å². The number of hydrogen-bond donors (Lipinski definition) is 1. The van der Waals surface area contributed by atoms with Crippen molar-refractivity contribution in [2.75, 3.05) is 0 Å². The molecule has 10 heteroatoms. The number of rotatable bonds is 3. The van der Waals surface area contributed by atoms with Crippen LogP contribution in [0.15, 0.2) is 6.07 Å². The highest BCUT2D eigenvalue weighted by molar-refractivity contribution is 6.17. The molecule has 0 unspecified atom stereocenters. The Hall–Kier alpha value is -1.22. The fraction of sp³-hybridized carbons (Fsp3) is 0.444. The first-order chi connectivity index (χ1) is 8.58. The van der Waals surface area contributed by atoms with E-state index in [1.54, 1.807) is 0 Å². The van der Waals surface area contributed by atoms with Gasteiger partial charge < -0.3 is 9.84 Å². The highest BCUT2D eigenvalue weighted by atomic mass is 35.5. The lowest BCUT2D eigenvalue weighted by molar-refractivity contribution is -0.275. The van der Waals surface area contributed by atoms with E-state index < -0.39 is 47.7 Å². The number of aliphatic hydroxyl groups excluding tert-OH is 1. The van der Waals surface area contributed by atoms with E-state index in [1.807, 2.05) is 0 Å². The third-order valence-corrected chi connectivity index (χ3v) is 2.19. The smallest absolute Gasteiger partial charge is 0.405 e. The average Bonchev–Trinajstić information content (AvgIpc) is 2.24. The van der Waals surface area contributed by atoms with E-state index in [0.717, 1.165) is 0 Å². The Kier molecular flexibility index (Phi) is 4.51. The minimum Gasteiger partial charge on any atom is -0.405 e. The molecule has 3 nitrogen and oxygen atoms in total. The molecule has 0 radical (unpaired) electrons. The Bertz CT molecular complexity index is 459. The number of hydrogen-bond acceptors (Lipinski definition) is 3. The topological polar surface area (TPSA) is 42.4 Å². The summed E-state index contributed by atoms with van der Waals surface area (Å²) in [4.78, 5) is 3.02. The number of pyridine rings is 1. The summed E-state index contributed by atoms with van der Waals surface area (Å²) in [5.41, 5.74) is -3.17. The standard InChI is InChI=1S/C9H6ClF6NO2/c10-2-5-6(19-9(14,15)16)1-4(3-18)17-7(5)8(11,12)13/h1,18H,2-3H2. The minimum absolute atomic E-state index is 0.556. The Balaban J connectivity index is 3.44. The zero-order valence-electron chi connectivity index (χ0n) is 8.94. The van der Waals surface area contributed by atoms with E-state index in [-0.39, 0.29) is 0 Å².